The van der Waals surface area contributed by atoms with E-state index in [0.717, 1.165) is 28.2 Å². The van der Waals surface area contributed by atoms with E-state index in [-0.39, 0.29) is 29.5 Å². The fraction of sp³-hybridized carbons (Fsp3) is 0.194. The number of thiophene rings is 1. The third-order valence-corrected chi connectivity index (χ3v) is 8.79. The Bertz CT molecular complexity index is 1800. The van der Waals surface area contributed by atoms with Crippen LogP contribution in [-0.2, 0) is 6.54 Å². The lowest BCUT2D eigenvalue weighted by molar-refractivity contribution is 0.102. The van der Waals surface area contributed by atoms with Gasteiger partial charge in [-0.1, -0.05) is 36.0 Å². The van der Waals surface area contributed by atoms with Crippen LogP contribution in [0.5, 0.6) is 0 Å². The topological polar surface area (TPSA) is 56.9 Å². The van der Waals surface area contributed by atoms with E-state index < -0.39 is 0 Å². The van der Waals surface area contributed by atoms with Crippen molar-refractivity contribution in [1.82, 2.24) is 14.1 Å². The van der Waals surface area contributed by atoms with Crippen molar-refractivity contribution in [2.45, 2.75) is 39.4 Å². The fourth-order valence-corrected chi connectivity index (χ4v) is 6.64. The Labute approximate surface area is 234 Å². The van der Waals surface area contributed by atoms with Crippen molar-refractivity contribution < 1.29 is 9.18 Å². The first-order chi connectivity index (χ1) is 18.7. The van der Waals surface area contributed by atoms with E-state index in [0.29, 0.717) is 20.9 Å². The molecule has 3 aromatic heterocycles. The summed E-state index contributed by atoms with van der Waals surface area (Å²) in [5, 5.41) is 2.82. The summed E-state index contributed by atoms with van der Waals surface area (Å²) < 4.78 is 17.1. The number of Topliss-reactive ketones (excluding diaryl/α,β-unsaturated/α-hetero) is 1. The third kappa shape index (κ3) is 5.02. The van der Waals surface area contributed by atoms with E-state index in [1.54, 1.807) is 22.8 Å². The first-order valence-electron chi connectivity index (χ1n) is 12.5. The van der Waals surface area contributed by atoms with Gasteiger partial charge in [0.05, 0.1) is 11.1 Å². The molecule has 0 fully saturated rings. The number of nitrogens with zero attached hydrogens (tertiary/aromatic N) is 3. The van der Waals surface area contributed by atoms with E-state index in [1.165, 1.54) is 46.4 Å². The summed E-state index contributed by atoms with van der Waals surface area (Å²) in [6.45, 7) is 12.2. The number of carbonyl (C=O) groups is 1. The Morgan fingerprint density at radius 3 is 2.51 bits per heavy atom. The summed E-state index contributed by atoms with van der Waals surface area (Å²) in [7, 11) is 0. The van der Waals surface area contributed by atoms with Crippen molar-refractivity contribution in [2.24, 2.45) is 0 Å². The zero-order valence-electron chi connectivity index (χ0n) is 22.2. The highest BCUT2D eigenvalue weighted by molar-refractivity contribution is 7.99. The first kappa shape index (κ1) is 26.8. The average molecular weight is 558 g/mol. The van der Waals surface area contributed by atoms with Gasteiger partial charge in [-0.15, -0.1) is 17.9 Å². The Morgan fingerprint density at radius 1 is 1.08 bits per heavy atom. The zero-order chi connectivity index (χ0) is 27.8. The molecule has 0 bridgehead atoms. The number of rotatable bonds is 8. The van der Waals surface area contributed by atoms with Crippen LogP contribution >= 0.6 is 23.1 Å². The number of hydrogen-bond acceptors (Lipinski definition) is 5. The SMILES string of the molecule is C=CCn1c(SCC(=O)c2cc(C)n(-c3ccc(C)c(C)c3)c2C)nc2scc(-c3ccc(F)cc3)c2c1=O. The van der Waals surface area contributed by atoms with Crippen LogP contribution in [-0.4, -0.2) is 25.7 Å². The molecule has 0 aliphatic heterocycles. The normalized spacial score (nSPS) is 11.3. The first-order valence-corrected chi connectivity index (χ1v) is 14.4. The molecule has 3 heterocycles. The minimum atomic E-state index is -0.335. The van der Waals surface area contributed by atoms with Crippen LogP contribution in [0.2, 0.25) is 0 Å². The highest BCUT2D eigenvalue weighted by Crippen LogP contribution is 2.33. The number of fused-ring (bicyclic) bond motifs is 1. The summed E-state index contributed by atoms with van der Waals surface area (Å²) in [5.41, 5.74) is 7.24. The zero-order valence-corrected chi connectivity index (χ0v) is 23.9. The molecule has 0 saturated carbocycles. The number of aromatic nitrogens is 3. The number of hydrogen-bond donors (Lipinski definition) is 0. The lowest BCUT2D eigenvalue weighted by atomic mass is 10.1. The van der Waals surface area contributed by atoms with Crippen molar-refractivity contribution in [3.63, 3.8) is 0 Å². The molecule has 0 amide bonds. The van der Waals surface area contributed by atoms with E-state index >= 15 is 0 Å². The van der Waals surface area contributed by atoms with E-state index in [9.17, 15) is 14.0 Å². The van der Waals surface area contributed by atoms with Gasteiger partial charge in [0.1, 0.15) is 10.6 Å². The third-order valence-electron chi connectivity index (χ3n) is 6.94. The van der Waals surface area contributed by atoms with Gasteiger partial charge >= 0.3 is 0 Å². The van der Waals surface area contributed by atoms with Crippen LogP contribution in [0.1, 0.15) is 32.9 Å². The van der Waals surface area contributed by atoms with Gasteiger partial charge in [0.25, 0.3) is 5.56 Å². The lowest BCUT2D eigenvalue weighted by Gasteiger charge is -2.12. The molecule has 0 unspecified atom stereocenters. The number of aryl methyl sites for hydroxylation is 3. The summed E-state index contributed by atoms with van der Waals surface area (Å²) in [5.74, 6) is -0.220. The van der Waals surface area contributed by atoms with Gasteiger partial charge in [0.2, 0.25) is 0 Å². The number of allylic oxidation sites excluding steroid dienone is 1. The van der Waals surface area contributed by atoms with E-state index in [2.05, 4.69) is 43.2 Å². The van der Waals surface area contributed by atoms with Crippen LogP contribution in [0.15, 0.2) is 76.5 Å². The van der Waals surface area contributed by atoms with E-state index in [4.69, 9.17) is 4.98 Å². The lowest BCUT2D eigenvalue weighted by Crippen LogP contribution is -2.23. The standard InChI is InChI=1S/C31H28FN3O2S2/c1-6-13-34-30(37)28-26(22-8-10-23(32)11-9-22)16-38-29(28)33-31(34)39-17-27(36)25-15-20(4)35(21(25)5)24-12-7-18(2)19(3)14-24/h6-12,14-16H,1,13,17H2,2-5H3. The molecular formula is C31H28FN3O2S2. The van der Waals surface area contributed by atoms with Crippen LogP contribution in [0, 0.1) is 33.5 Å². The molecule has 0 atom stereocenters. The molecule has 0 aliphatic carbocycles. The highest BCUT2D eigenvalue weighted by atomic mass is 32.2. The van der Waals surface area contributed by atoms with Crippen LogP contribution in [0.3, 0.4) is 0 Å². The second-order valence-corrected chi connectivity index (χ2v) is 11.3. The predicted molar refractivity (Wildman–Crippen MR) is 159 cm³/mol. The van der Waals surface area contributed by atoms with Crippen molar-refractivity contribution in [1.29, 1.82) is 0 Å². The molecule has 5 nitrogen and oxygen atoms in total. The van der Waals surface area contributed by atoms with Crippen LogP contribution in [0.4, 0.5) is 4.39 Å². The Morgan fingerprint density at radius 2 is 1.82 bits per heavy atom. The van der Waals surface area contributed by atoms with Gasteiger partial charge in [0.15, 0.2) is 10.9 Å². The van der Waals surface area contributed by atoms with E-state index in [1.807, 2.05) is 25.3 Å². The summed E-state index contributed by atoms with van der Waals surface area (Å²) in [6, 6.07) is 14.3. The average Bonchev–Trinajstić information content (AvgIpc) is 3.47. The molecule has 0 saturated heterocycles. The highest BCUT2D eigenvalue weighted by Gasteiger charge is 2.21. The Hall–Kier alpha value is -3.75. The maximum absolute atomic E-state index is 13.6. The van der Waals surface area contributed by atoms with Crippen molar-refractivity contribution >= 4 is 39.1 Å². The number of ketones is 1. The van der Waals surface area contributed by atoms with Gasteiger partial charge < -0.3 is 4.57 Å². The molecule has 2 aromatic carbocycles. The second kappa shape index (κ2) is 10.8. The van der Waals surface area contributed by atoms with Crippen molar-refractivity contribution in [3.8, 4) is 16.8 Å². The van der Waals surface area contributed by atoms with Gasteiger partial charge in [0, 0.05) is 40.1 Å². The fourth-order valence-electron chi connectivity index (χ4n) is 4.76. The maximum atomic E-state index is 13.6. The second-order valence-electron chi connectivity index (χ2n) is 9.54. The van der Waals surface area contributed by atoms with Crippen LogP contribution < -0.4 is 5.56 Å². The maximum Gasteiger partial charge on any atom is 0.263 e. The molecule has 0 aliphatic rings. The molecule has 0 N–H and O–H groups in total. The summed E-state index contributed by atoms with van der Waals surface area (Å²) in [6.07, 6.45) is 1.64. The molecule has 39 heavy (non-hydrogen) atoms. The minimum Gasteiger partial charge on any atom is -0.318 e. The van der Waals surface area contributed by atoms with Crippen molar-refractivity contribution in [3.05, 3.63) is 111 Å². The predicted octanol–water partition coefficient (Wildman–Crippen LogP) is 7.45. The smallest absolute Gasteiger partial charge is 0.263 e. The minimum absolute atomic E-state index is 0.0270. The molecular weight excluding hydrogens is 529 g/mol. The Balaban J connectivity index is 1.46. The Kier molecular flexibility index (Phi) is 7.42. The van der Waals surface area contributed by atoms with Gasteiger partial charge in [-0.2, -0.15) is 0 Å². The number of halogens is 1. The van der Waals surface area contributed by atoms with Gasteiger partial charge in [-0.05, 0) is 74.7 Å². The molecule has 8 heteroatoms. The summed E-state index contributed by atoms with van der Waals surface area (Å²) in [4.78, 5) is 32.3. The molecule has 5 aromatic rings. The van der Waals surface area contributed by atoms with Gasteiger partial charge in [-0.25, -0.2) is 9.37 Å². The molecule has 5 rings (SSSR count). The largest absolute Gasteiger partial charge is 0.318 e. The number of thioether (sulfide) groups is 1. The molecule has 0 radical (unpaired) electrons. The summed E-state index contributed by atoms with van der Waals surface area (Å²) >= 11 is 2.61. The number of carbonyl (C=O) groups excluding carboxylic acids is 1. The quantitative estimate of drug-likeness (QED) is 0.0861. The number of benzene rings is 2. The monoisotopic (exact) mass is 557 g/mol. The van der Waals surface area contributed by atoms with Crippen LogP contribution in [0.25, 0.3) is 27.0 Å². The van der Waals surface area contributed by atoms with Gasteiger partial charge in [-0.3, -0.25) is 14.2 Å². The van der Waals surface area contributed by atoms with Crippen molar-refractivity contribution in [2.75, 3.05) is 5.75 Å². The molecule has 0 spiro atoms. The molecule has 198 valence electrons.